The molecule has 4 aromatic rings. The Balaban J connectivity index is 1.53. The second-order valence-corrected chi connectivity index (χ2v) is 7.96. The maximum absolute atomic E-state index is 12.8. The Bertz CT molecular complexity index is 1540. The lowest BCUT2D eigenvalue weighted by molar-refractivity contribution is -0.122. The highest BCUT2D eigenvalue weighted by molar-refractivity contribution is 6.09. The summed E-state index contributed by atoms with van der Waals surface area (Å²) < 4.78 is 6.69. The quantitative estimate of drug-likeness (QED) is 0.207. The van der Waals surface area contributed by atoms with E-state index < -0.39 is 17.5 Å². The third-order valence-electron chi connectivity index (χ3n) is 5.84. The Morgan fingerprint density at radius 2 is 2.03 bits per heavy atom. The van der Waals surface area contributed by atoms with Crippen LogP contribution in [0.15, 0.2) is 54.0 Å². The average molecular weight is 457 g/mol. The van der Waals surface area contributed by atoms with Gasteiger partial charge in [-0.2, -0.15) is 4.91 Å². The lowest BCUT2D eigenvalue weighted by Gasteiger charge is -2.20. The number of nitrogens with zero attached hydrogens (tertiary/aromatic N) is 2. The summed E-state index contributed by atoms with van der Waals surface area (Å²) in [5.74, 6) is 5.75. The molecule has 5 rings (SSSR count). The second-order valence-electron chi connectivity index (χ2n) is 7.96. The average Bonchev–Trinajstić information content (AvgIpc) is 3.46. The molecule has 34 heavy (non-hydrogen) atoms. The number of H-pyrrole nitrogens is 1. The molecule has 4 N–H and O–H groups in total. The van der Waals surface area contributed by atoms with Crippen molar-refractivity contribution in [3.8, 4) is 23.5 Å². The third-order valence-corrected chi connectivity index (χ3v) is 5.84. The molecule has 0 bridgehead atoms. The number of hydrogen-bond acceptors (Lipinski definition) is 6. The molecule has 0 unspecified atom stereocenters. The first-order valence-electron chi connectivity index (χ1n) is 10.3. The Morgan fingerprint density at radius 3 is 2.76 bits per heavy atom. The minimum atomic E-state index is -1.59. The molecule has 2 aromatic heterocycles. The summed E-state index contributed by atoms with van der Waals surface area (Å²) in [4.78, 5) is 38.5. The van der Waals surface area contributed by atoms with Crippen LogP contribution in [-0.4, -0.2) is 39.2 Å². The number of hydrogen-bond donors (Lipinski definition) is 4. The van der Waals surface area contributed by atoms with E-state index >= 15 is 0 Å². The van der Waals surface area contributed by atoms with E-state index in [9.17, 15) is 19.6 Å². The van der Waals surface area contributed by atoms with Crippen LogP contribution in [-0.2, 0) is 17.9 Å². The van der Waals surface area contributed by atoms with Crippen molar-refractivity contribution in [3.63, 3.8) is 0 Å². The van der Waals surface area contributed by atoms with Crippen LogP contribution in [0, 0.1) is 16.7 Å². The Kier molecular flexibility index (Phi) is 4.94. The fraction of sp³-hybridized carbons (Fsp3) is 0.167. The van der Waals surface area contributed by atoms with Crippen LogP contribution in [0.4, 0.5) is 4.79 Å². The Labute approximate surface area is 192 Å². The van der Waals surface area contributed by atoms with Crippen molar-refractivity contribution in [1.29, 1.82) is 0 Å². The number of nitrogens with one attached hydrogen (secondary N) is 3. The van der Waals surface area contributed by atoms with Crippen molar-refractivity contribution in [2.45, 2.75) is 18.6 Å². The molecule has 10 nitrogen and oxygen atoms in total. The molecule has 1 atom stereocenters. The first kappa shape index (κ1) is 21.1. The van der Waals surface area contributed by atoms with Crippen LogP contribution in [0.3, 0.4) is 0 Å². The highest BCUT2D eigenvalue weighted by atomic mass is 16.5. The minimum Gasteiger partial charge on any atom is -0.497 e. The number of imide groups is 1. The predicted octanol–water partition coefficient (Wildman–Crippen LogP) is 2.73. The number of ether oxygens (including phenoxy) is 1. The van der Waals surface area contributed by atoms with Gasteiger partial charge in [-0.1, -0.05) is 23.1 Å². The van der Waals surface area contributed by atoms with Gasteiger partial charge in [-0.3, -0.25) is 10.1 Å². The van der Waals surface area contributed by atoms with Gasteiger partial charge in [0, 0.05) is 45.2 Å². The molecule has 1 aliphatic heterocycles. The minimum absolute atomic E-state index is 0.0565. The van der Waals surface area contributed by atoms with Gasteiger partial charge in [0.15, 0.2) is 5.88 Å². The van der Waals surface area contributed by atoms with Crippen molar-refractivity contribution < 1.29 is 19.4 Å². The first-order chi connectivity index (χ1) is 16.4. The van der Waals surface area contributed by atoms with Crippen LogP contribution in [0.1, 0.15) is 11.1 Å². The van der Waals surface area contributed by atoms with Gasteiger partial charge in [0.2, 0.25) is 5.54 Å². The Hall–Kier alpha value is -4.78. The molecule has 0 radical (unpaired) electrons. The molecular formula is C24H19N5O5. The predicted molar refractivity (Wildman–Crippen MR) is 124 cm³/mol. The SMILES string of the molecule is COc1ccc2cn(C[C@@]3(C#Cc4ccc5c(CN=O)c[nH]c5c4)NC(=O)NC3=O)c(O)c2c1. The third kappa shape index (κ3) is 3.49. The molecule has 10 heteroatoms. The van der Waals surface area contributed by atoms with Crippen LogP contribution in [0.5, 0.6) is 11.6 Å². The first-order valence-corrected chi connectivity index (χ1v) is 10.3. The number of rotatable bonds is 5. The van der Waals surface area contributed by atoms with Crippen molar-refractivity contribution in [3.05, 3.63) is 64.8 Å². The smallest absolute Gasteiger partial charge is 0.323 e. The Morgan fingerprint density at radius 1 is 1.18 bits per heavy atom. The molecule has 3 amide bonds. The zero-order valence-corrected chi connectivity index (χ0v) is 18.0. The van der Waals surface area contributed by atoms with E-state index in [1.165, 1.54) is 11.7 Å². The van der Waals surface area contributed by atoms with Crippen molar-refractivity contribution in [1.82, 2.24) is 20.2 Å². The lowest BCUT2D eigenvalue weighted by Crippen LogP contribution is -2.49. The van der Waals surface area contributed by atoms with E-state index in [1.54, 1.807) is 42.7 Å². The molecular weight excluding hydrogens is 438 g/mol. The van der Waals surface area contributed by atoms with E-state index in [0.29, 0.717) is 16.7 Å². The van der Waals surface area contributed by atoms with E-state index in [0.717, 1.165) is 21.9 Å². The number of urea groups is 1. The van der Waals surface area contributed by atoms with Crippen molar-refractivity contribution in [2.24, 2.45) is 5.18 Å². The van der Waals surface area contributed by atoms with Crippen LogP contribution in [0.2, 0.25) is 0 Å². The van der Waals surface area contributed by atoms with E-state index in [2.05, 4.69) is 32.6 Å². The molecule has 2 aromatic carbocycles. The number of aromatic hydroxyl groups is 1. The largest absolute Gasteiger partial charge is 0.497 e. The highest BCUT2D eigenvalue weighted by Crippen LogP contribution is 2.32. The van der Waals surface area contributed by atoms with Gasteiger partial charge < -0.3 is 24.7 Å². The topological polar surface area (TPSA) is 138 Å². The van der Waals surface area contributed by atoms with E-state index in [4.69, 9.17) is 4.74 Å². The number of carbonyl (C=O) groups excluding carboxylic acids is 2. The van der Waals surface area contributed by atoms with Crippen molar-refractivity contribution in [2.75, 3.05) is 7.11 Å². The van der Waals surface area contributed by atoms with Crippen molar-refractivity contribution >= 4 is 33.6 Å². The normalized spacial score (nSPS) is 17.3. The van der Waals surface area contributed by atoms with Gasteiger partial charge in [0.1, 0.15) is 12.3 Å². The summed E-state index contributed by atoms with van der Waals surface area (Å²) >= 11 is 0. The molecule has 0 spiro atoms. The number of benzene rings is 2. The number of fused-ring (bicyclic) bond motifs is 2. The summed E-state index contributed by atoms with van der Waals surface area (Å²) in [5.41, 5.74) is 0.545. The number of methoxy groups -OCH3 is 1. The number of amides is 3. The lowest BCUT2D eigenvalue weighted by atomic mass is 9.99. The summed E-state index contributed by atoms with van der Waals surface area (Å²) in [6, 6.07) is 9.93. The van der Waals surface area contributed by atoms with Crippen LogP contribution in [0.25, 0.3) is 21.7 Å². The number of aromatic nitrogens is 2. The van der Waals surface area contributed by atoms with Gasteiger partial charge in [0.25, 0.3) is 5.91 Å². The number of aromatic amines is 1. The fourth-order valence-electron chi connectivity index (χ4n) is 4.10. The monoisotopic (exact) mass is 457 g/mol. The molecule has 1 aliphatic rings. The van der Waals surface area contributed by atoms with Gasteiger partial charge >= 0.3 is 6.03 Å². The van der Waals surface area contributed by atoms with Gasteiger partial charge in [0.05, 0.1) is 13.7 Å². The fourth-order valence-corrected chi connectivity index (χ4v) is 4.10. The maximum Gasteiger partial charge on any atom is 0.323 e. The van der Waals surface area contributed by atoms with Crippen LogP contribution >= 0.6 is 0 Å². The zero-order chi connectivity index (χ0) is 23.9. The summed E-state index contributed by atoms with van der Waals surface area (Å²) in [6.07, 6.45) is 3.39. The molecule has 0 saturated carbocycles. The second kappa shape index (κ2) is 7.97. The van der Waals surface area contributed by atoms with Crippen LogP contribution < -0.4 is 15.4 Å². The van der Waals surface area contributed by atoms with Gasteiger partial charge in [-0.15, -0.1) is 0 Å². The zero-order valence-electron chi connectivity index (χ0n) is 18.0. The summed E-state index contributed by atoms with van der Waals surface area (Å²) in [7, 11) is 1.53. The van der Waals surface area contributed by atoms with E-state index in [1.807, 2.05) is 6.07 Å². The molecule has 170 valence electrons. The number of nitroso groups, excluding NO2 is 1. The summed E-state index contributed by atoms with van der Waals surface area (Å²) in [5, 5.41) is 20.7. The van der Waals surface area contributed by atoms with E-state index in [-0.39, 0.29) is 19.0 Å². The molecule has 1 fully saturated rings. The van der Waals surface area contributed by atoms with Gasteiger partial charge in [-0.05, 0) is 30.3 Å². The molecule has 1 saturated heterocycles. The van der Waals surface area contributed by atoms with Gasteiger partial charge in [-0.25, -0.2) is 4.79 Å². The maximum atomic E-state index is 12.8. The number of carbonyl (C=O) groups is 2. The standard InChI is InChI=1S/C24H19N5O5/c1-34-17-4-3-15-12-29(21(30)19(15)9-17)13-24(22(31)27-23(32)28-24)7-6-14-2-5-18-16(11-26-33)10-25-20(18)8-14/h2-5,8-10,12,25,30H,11,13H2,1H3,(H2,27,28,31,32)/t24-/m1/s1. The summed E-state index contributed by atoms with van der Waals surface area (Å²) in [6.45, 7) is -0.0543. The molecule has 3 heterocycles. The highest BCUT2D eigenvalue weighted by Gasteiger charge is 2.46. The molecule has 0 aliphatic carbocycles.